The van der Waals surface area contributed by atoms with Gasteiger partial charge in [0, 0.05) is 18.4 Å². The van der Waals surface area contributed by atoms with Gasteiger partial charge in [0.25, 0.3) is 0 Å². The van der Waals surface area contributed by atoms with Crippen LogP contribution >= 0.6 is 0 Å². The molecule has 0 spiro atoms. The molecule has 3 unspecified atom stereocenters. The average molecular weight is 223 g/mol. The molecule has 16 heavy (non-hydrogen) atoms. The molecule has 1 aliphatic carbocycles. The van der Waals surface area contributed by atoms with Crippen molar-refractivity contribution >= 4 is 0 Å². The second-order valence-electron chi connectivity index (χ2n) is 5.46. The van der Waals surface area contributed by atoms with E-state index in [4.69, 9.17) is 10.3 Å². The van der Waals surface area contributed by atoms with E-state index < -0.39 is 0 Å². The van der Waals surface area contributed by atoms with Gasteiger partial charge in [-0.25, -0.2) is 0 Å². The van der Waals surface area contributed by atoms with Crippen LogP contribution in [0.1, 0.15) is 51.2 Å². The van der Waals surface area contributed by atoms with Gasteiger partial charge in [0.15, 0.2) is 5.82 Å². The molecule has 1 aromatic rings. The second kappa shape index (κ2) is 4.53. The molecule has 0 aliphatic heterocycles. The average Bonchev–Trinajstić information content (AvgIpc) is 2.73. The maximum Gasteiger partial charge on any atom is 0.228 e. The molecule has 90 valence electrons. The molecule has 1 saturated carbocycles. The Morgan fingerprint density at radius 1 is 1.50 bits per heavy atom. The van der Waals surface area contributed by atoms with E-state index in [9.17, 15) is 0 Å². The van der Waals surface area contributed by atoms with Gasteiger partial charge in [-0.1, -0.05) is 25.9 Å². The summed E-state index contributed by atoms with van der Waals surface area (Å²) in [5.41, 5.74) is 6.01. The molecule has 0 saturated heterocycles. The van der Waals surface area contributed by atoms with E-state index in [1.807, 2.05) is 0 Å². The normalized spacial score (nSPS) is 26.1. The zero-order valence-corrected chi connectivity index (χ0v) is 10.3. The SMILES string of the molecule is CC(C)CC(N)Cc1nc(C2CC2C)no1. The van der Waals surface area contributed by atoms with Gasteiger partial charge in [-0.2, -0.15) is 4.98 Å². The molecule has 0 amide bonds. The van der Waals surface area contributed by atoms with E-state index in [-0.39, 0.29) is 6.04 Å². The summed E-state index contributed by atoms with van der Waals surface area (Å²) in [6.07, 6.45) is 2.89. The fraction of sp³-hybridized carbons (Fsp3) is 0.833. The monoisotopic (exact) mass is 223 g/mol. The van der Waals surface area contributed by atoms with Crippen molar-refractivity contribution in [1.82, 2.24) is 10.1 Å². The quantitative estimate of drug-likeness (QED) is 0.830. The fourth-order valence-electron chi connectivity index (χ4n) is 2.10. The molecule has 3 atom stereocenters. The molecule has 2 N–H and O–H groups in total. The highest BCUT2D eigenvalue weighted by Crippen LogP contribution is 2.45. The molecule has 2 rings (SSSR count). The van der Waals surface area contributed by atoms with Crippen LogP contribution in [0.15, 0.2) is 4.52 Å². The number of nitrogens with zero attached hydrogens (tertiary/aromatic N) is 2. The molecule has 0 radical (unpaired) electrons. The lowest BCUT2D eigenvalue weighted by Gasteiger charge is -2.10. The number of hydrogen-bond donors (Lipinski definition) is 1. The van der Waals surface area contributed by atoms with Crippen molar-refractivity contribution in [3.63, 3.8) is 0 Å². The molecule has 1 aromatic heterocycles. The van der Waals surface area contributed by atoms with Crippen molar-refractivity contribution in [2.45, 2.75) is 52.0 Å². The van der Waals surface area contributed by atoms with E-state index in [1.165, 1.54) is 6.42 Å². The number of aromatic nitrogens is 2. The van der Waals surface area contributed by atoms with Crippen LogP contribution in [0.4, 0.5) is 0 Å². The van der Waals surface area contributed by atoms with Crippen molar-refractivity contribution in [2.75, 3.05) is 0 Å². The van der Waals surface area contributed by atoms with Crippen molar-refractivity contribution in [3.8, 4) is 0 Å². The summed E-state index contributed by atoms with van der Waals surface area (Å²) in [7, 11) is 0. The van der Waals surface area contributed by atoms with Gasteiger partial charge in [-0.15, -0.1) is 0 Å². The van der Waals surface area contributed by atoms with Crippen LogP contribution < -0.4 is 5.73 Å². The van der Waals surface area contributed by atoms with Gasteiger partial charge >= 0.3 is 0 Å². The molecule has 1 aliphatic rings. The first kappa shape index (κ1) is 11.6. The van der Waals surface area contributed by atoms with Crippen molar-refractivity contribution in [3.05, 3.63) is 11.7 Å². The minimum absolute atomic E-state index is 0.130. The summed E-state index contributed by atoms with van der Waals surface area (Å²) in [4.78, 5) is 4.41. The largest absolute Gasteiger partial charge is 0.339 e. The van der Waals surface area contributed by atoms with E-state index in [0.29, 0.717) is 24.1 Å². The molecule has 4 nitrogen and oxygen atoms in total. The van der Waals surface area contributed by atoms with Crippen molar-refractivity contribution < 1.29 is 4.52 Å². The van der Waals surface area contributed by atoms with Crippen molar-refractivity contribution in [1.29, 1.82) is 0 Å². The lowest BCUT2D eigenvalue weighted by Crippen LogP contribution is -2.24. The summed E-state index contributed by atoms with van der Waals surface area (Å²) in [5.74, 6) is 3.43. The van der Waals surface area contributed by atoms with E-state index >= 15 is 0 Å². The Balaban J connectivity index is 1.87. The van der Waals surface area contributed by atoms with Crippen LogP contribution in [-0.4, -0.2) is 16.2 Å². The van der Waals surface area contributed by atoms with Crippen LogP contribution in [0.3, 0.4) is 0 Å². The highest BCUT2D eigenvalue weighted by atomic mass is 16.5. The Kier molecular flexibility index (Phi) is 3.28. The number of hydrogen-bond acceptors (Lipinski definition) is 4. The summed E-state index contributed by atoms with van der Waals surface area (Å²) >= 11 is 0. The third kappa shape index (κ3) is 2.82. The van der Waals surface area contributed by atoms with E-state index in [2.05, 4.69) is 30.9 Å². The first-order valence-corrected chi connectivity index (χ1v) is 6.14. The van der Waals surface area contributed by atoms with Crippen LogP contribution in [0.5, 0.6) is 0 Å². The first-order valence-electron chi connectivity index (χ1n) is 6.14. The van der Waals surface area contributed by atoms with Gasteiger partial charge in [0.1, 0.15) is 0 Å². The van der Waals surface area contributed by atoms with E-state index in [1.54, 1.807) is 0 Å². The van der Waals surface area contributed by atoms with Gasteiger partial charge in [0.05, 0.1) is 0 Å². The zero-order valence-electron chi connectivity index (χ0n) is 10.3. The summed E-state index contributed by atoms with van der Waals surface area (Å²) in [6.45, 7) is 6.56. The smallest absolute Gasteiger partial charge is 0.228 e. The first-order chi connectivity index (χ1) is 7.56. The predicted molar refractivity (Wildman–Crippen MR) is 62.0 cm³/mol. The Morgan fingerprint density at radius 2 is 2.19 bits per heavy atom. The van der Waals surface area contributed by atoms with Crippen LogP contribution in [0.25, 0.3) is 0 Å². The summed E-state index contributed by atoms with van der Waals surface area (Å²) < 4.78 is 5.23. The lowest BCUT2D eigenvalue weighted by molar-refractivity contribution is 0.354. The molecule has 1 heterocycles. The zero-order chi connectivity index (χ0) is 11.7. The van der Waals surface area contributed by atoms with E-state index in [0.717, 1.165) is 18.2 Å². The van der Waals surface area contributed by atoms with Gasteiger partial charge in [-0.3, -0.25) is 0 Å². The molecule has 0 bridgehead atoms. The third-order valence-corrected chi connectivity index (χ3v) is 3.14. The summed E-state index contributed by atoms with van der Waals surface area (Å²) in [6, 6.07) is 0.130. The van der Waals surface area contributed by atoms with Crippen molar-refractivity contribution in [2.24, 2.45) is 17.6 Å². The molecule has 0 aromatic carbocycles. The van der Waals surface area contributed by atoms with Gasteiger partial charge in [-0.05, 0) is 24.7 Å². The standard InChI is InChI=1S/C12H21N3O/c1-7(2)4-9(13)6-11-14-12(15-16-11)10-5-8(10)3/h7-10H,4-6,13H2,1-3H3. The van der Waals surface area contributed by atoms with Crippen LogP contribution in [0.2, 0.25) is 0 Å². The van der Waals surface area contributed by atoms with Gasteiger partial charge < -0.3 is 10.3 Å². The van der Waals surface area contributed by atoms with Gasteiger partial charge in [0.2, 0.25) is 5.89 Å². The second-order valence-corrected chi connectivity index (χ2v) is 5.46. The molecular weight excluding hydrogens is 202 g/mol. The summed E-state index contributed by atoms with van der Waals surface area (Å²) in [5, 5.41) is 4.02. The third-order valence-electron chi connectivity index (χ3n) is 3.14. The van der Waals surface area contributed by atoms with Crippen LogP contribution in [-0.2, 0) is 6.42 Å². The molecular formula is C12H21N3O. The van der Waals surface area contributed by atoms with Crippen LogP contribution in [0, 0.1) is 11.8 Å². The Morgan fingerprint density at radius 3 is 2.75 bits per heavy atom. The predicted octanol–water partition coefficient (Wildman–Crippen LogP) is 2.11. The highest BCUT2D eigenvalue weighted by Gasteiger charge is 2.38. The fourth-order valence-corrected chi connectivity index (χ4v) is 2.10. The molecule has 4 heteroatoms. The minimum Gasteiger partial charge on any atom is -0.339 e. The Bertz CT molecular complexity index is 348. The number of nitrogens with two attached hydrogens (primary N) is 1. The number of rotatable bonds is 5. The topological polar surface area (TPSA) is 64.9 Å². The minimum atomic E-state index is 0.130. The lowest BCUT2D eigenvalue weighted by atomic mass is 10.0. The maximum absolute atomic E-state index is 6.01. The highest BCUT2D eigenvalue weighted by molar-refractivity contribution is 5.07. The Hall–Kier alpha value is -0.900. The Labute approximate surface area is 96.6 Å². The molecule has 1 fully saturated rings. The maximum atomic E-state index is 6.01.